The number of rotatable bonds is 6. The molecule has 2 aromatic carbocycles. The lowest BCUT2D eigenvalue weighted by atomic mass is 10.1. The van der Waals surface area contributed by atoms with Gasteiger partial charge in [-0.2, -0.15) is 0 Å². The van der Waals surface area contributed by atoms with Crippen LogP contribution in [0.3, 0.4) is 0 Å². The predicted octanol–water partition coefficient (Wildman–Crippen LogP) is 3.73. The average molecular weight is 379 g/mol. The van der Waals surface area contributed by atoms with Crippen LogP contribution in [-0.4, -0.2) is 37.2 Å². The number of hydrogen-bond donors (Lipinski definition) is 1. The SMILES string of the molecule is COc1ccc(-c2ncc(C(=O)Nc3ccc(OC)c(OC)c3)c(C)n2)cc1. The van der Waals surface area contributed by atoms with Crippen molar-refractivity contribution >= 4 is 11.6 Å². The van der Waals surface area contributed by atoms with Crippen LogP contribution in [0.15, 0.2) is 48.7 Å². The first-order valence-electron chi connectivity index (χ1n) is 8.57. The normalized spacial score (nSPS) is 10.3. The summed E-state index contributed by atoms with van der Waals surface area (Å²) in [5.74, 6) is 2.12. The molecule has 0 radical (unpaired) electrons. The summed E-state index contributed by atoms with van der Waals surface area (Å²) < 4.78 is 15.6. The van der Waals surface area contributed by atoms with Gasteiger partial charge in [-0.3, -0.25) is 4.79 Å². The lowest BCUT2D eigenvalue weighted by Crippen LogP contribution is -2.15. The van der Waals surface area contributed by atoms with E-state index in [1.54, 1.807) is 46.5 Å². The fraction of sp³-hybridized carbons (Fsp3) is 0.190. The van der Waals surface area contributed by atoms with Gasteiger partial charge in [-0.15, -0.1) is 0 Å². The molecule has 3 rings (SSSR count). The Morgan fingerprint density at radius 1 is 0.929 bits per heavy atom. The molecule has 7 nitrogen and oxygen atoms in total. The molecular weight excluding hydrogens is 358 g/mol. The Labute approximate surface area is 163 Å². The summed E-state index contributed by atoms with van der Waals surface area (Å²) in [7, 11) is 4.71. The highest BCUT2D eigenvalue weighted by molar-refractivity contribution is 6.05. The number of benzene rings is 2. The number of methoxy groups -OCH3 is 3. The van der Waals surface area contributed by atoms with Crippen LogP contribution in [0, 0.1) is 6.92 Å². The quantitative estimate of drug-likeness (QED) is 0.703. The molecule has 1 aromatic heterocycles. The van der Waals surface area contributed by atoms with Crippen molar-refractivity contribution in [3.05, 3.63) is 59.9 Å². The largest absolute Gasteiger partial charge is 0.497 e. The molecule has 0 atom stereocenters. The average Bonchev–Trinajstić information content (AvgIpc) is 2.73. The van der Waals surface area contributed by atoms with Crippen molar-refractivity contribution in [1.29, 1.82) is 0 Å². The summed E-state index contributed by atoms with van der Waals surface area (Å²) in [6.07, 6.45) is 1.53. The first-order valence-corrected chi connectivity index (χ1v) is 8.57. The first-order chi connectivity index (χ1) is 13.5. The third-order valence-electron chi connectivity index (χ3n) is 4.21. The summed E-state index contributed by atoms with van der Waals surface area (Å²) in [4.78, 5) is 21.4. The van der Waals surface area contributed by atoms with E-state index in [-0.39, 0.29) is 5.91 Å². The van der Waals surface area contributed by atoms with Crippen LogP contribution >= 0.6 is 0 Å². The van der Waals surface area contributed by atoms with Gasteiger partial charge in [-0.05, 0) is 43.3 Å². The van der Waals surface area contributed by atoms with E-state index in [2.05, 4.69) is 15.3 Å². The summed E-state index contributed by atoms with van der Waals surface area (Å²) in [6, 6.07) is 12.6. The van der Waals surface area contributed by atoms with Crippen molar-refractivity contribution in [2.45, 2.75) is 6.92 Å². The third-order valence-corrected chi connectivity index (χ3v) is 4.21. The maximum absolute atomic E-state index is 12.6. The minimum atomic E-state index is -0.300. The van der Waals surface area contributed by atoms with Crippen LogP contribution in [0.1, 0.15) is 16.1 Å². The van der Waals surface area contributed by atoms with Crippen LogP contribution in [0.2, 0.25) is 0 Å². The van der Waals surface area contributed by atoms with Gasteiger partial charge in [-0.1, -0.05) is 0 Å². The van der Waals surface area contributed by atoms with Gasteiger partial charge in [0.1, 0.15) is 5.75 Å². The Bertz CT molecular complexity index is 987. The molecule has 28 heavy (non-hydrogen) atoms. The zero-order valence-corrected chi connectivity index (χ0v) is 16.1. The number of carbonyl (C=O) groups excluding carboxylic acids is 1. The van der Waals surface area contributed by atoms with Crippen molar-refractivity contribution in [2.24, 2.45) is 0 Å². The minimum absolute atomic E-state index is 0.300. The number of hydrogen-bond acceptors (Lipinski definition) is 6. The van der Waals surface area contributed by atoms with Crippen molar-refractivity contribution in [3.63, 3.8) is 0 Å². The zero-order chi connectivity index (χ0) is 20.1. The van der Waals surface area contributed by atoms with E-state index in [1.165, 1.54) is 6.20 Å². The Hall–Kier alpha value is -3.61. The molecule has 0 aliphatic rings. The van der Waals surface area contributed by atoms with Crippen LogP contribution in [0.5, 0.6) is 17.2 Å². The molecule has 3 aromatic rings. The molecule has 1 N–H and O–H groups in total. The molecule has 0 aliphatic carbocycles. The second-order valence-electron chi connectivity index (χ2n) is 5.95. The van der Waals surface area contributed by atoms with Crippen LogP contribution in [0.4, 0.5) is 5.69 Å². The van der Waals surface area contributed by atoms with Gasteiger partial charge in [0, 0.05) is 23.5 Å². The predicted molar refractivity (Wildman–Crippen MR) is 106 cm³/mol. The minimum Gasteiger partial charge on any atom is -0.497 e. The van der Waals surface area contributed by atoms with E-state index in [1.807, 2.05) is 24.3 Å². The standard InChI is InChI=1S/C21H21N3O4/c1-13-17(12-22-20(23-13)14-5-8-16(26-2)9-6-14)21(25)24-15-7-10-18(27-3)19(11-15)28-4/h5-12H,1-4H3,(H,24,25). The number of aryl methyl sites for hydroxylation is 1. The molecule has 0 fully saturated rings. The van der Waals surface area contributed by atoms with E-state index in [0.29, 0.717) is 34.3 Å². The van der Waals surface area contributed by atoms with Gasteiger partial charge in [-0.25, -0.2) is 9.97 Å². The summed E-state index contributed by atoms with van der Waals surface area (Å²) in [5, 5.41) is 2.83. The summed E-state index contributed by atoms with van der Waals surface area (Å²) in [5.41, 5.74) is 2.41. The van der Waals surface area contributed by atoms with Crippen LogP contribution < -0.4 is 19.5 Å². The zero-order valence-electron chi connectivity index (χ0n) is 16.1. The van der Waals surface area contributed by atoms with Crippen molar-refractivity contribution in [1.82, 2.24) is 9.97 Å². The van der Waals surface area contributed by atoms with E-state index >= 15 is 0 Å². The number of carbonyl (C=O) groups is 1. The first kappa shape index (κ1) is 19.2. The molecule has 0 saturated carbocycles. The molecule has 0 saturated heterocycles. The molecule has 7 heteroatoms. The molecule has 0 unspecified atom stereocenters. The maximum Gasteiger partial charge on any atom is 0.259 e. The van der Waals surface area contributed by atoms with Crippen LogP contribution in [-0.2, 0) is 0 Å². The molecular formula is C21H21N3O4. The molecule has 0 bridgehead atoms. The molecule has 1 amide bonds. The van der Waals surface area contributed by atoms with Gasteiger partial charge in [0.2, 0.25) is 0 Å². The summed E-state index contributed by atoms with van der Waals surface area (Å²) in [6.45, 7) is 1.78. The van der Waals surface area contributed by atoms with E-state index < -0.39 is 0 Å². The Balaban J connectivity index is 1.80. The number of anilines is 1. The molecule has 1 heterocycles. The highest BCUT2D eigenvalue weighted by Crippen LogP contribution is 2.30. The number of aromatic nitrogens is 2. The lowest BCUT2D eigenvalue weighted by Gasteiger charge is -2.11. The number of amides is 1. The van der Waals surface area contributed by atoms with Crippen molar-refractivity contribution in [2.75, 3.05) is 26.6 Å². The smallest absolute Gasteiger partial charge is 0.259 e. The Morgan fingerprint density at radius 2 is 1.64 bits per heavy atom. The van der Waals surface area contributed by atoms with Crippen molar-refractivity contribution < 1.29 is 19.0 Å². The summed E-state index contributed by atoms with van der Waals surface area (Å²) >= 11 is 0. The number of nitrogens with zero attached hydrogens (tertiary/aromatic N) is 2. The van der Waals surface area contributed by atoms with Gasteiger partial charge < -0.3 is 19.5 Å². The fourth-order valence-corrected chi connectivity index (χ4v) is 2.68. The Morgan fingerprint density at radius 3 is 2.25 bits per heavy atom. The molecule has 0 spiro atoms. The second kappa shape index (κ2) is 8.39. The molecule has 144 valence electrons. The van der Waals surface area contributed by atoms with E-state index in [9.17, 15) is 4.79 Å². The lowest BCUT2D eigenvalue weighted by molar-refractivity contribution is 0.102. The number of nitrogens with one attached hydrogen (secondary N) is 1. The highest BCUT2D eigenvalue weighted by Gasteiger charge is 2.14. The van der Waals surface area contributed by atoms with Gasteiger partial charge in [0.25, 0.3) is 5.91 Å². The fourth-order valence-electron chi connectivity index (χ4n) is 2.68. The highest BCUT2D eigenvalue weighted by atomic mass is 16.5. The van der Waals surface area contributed by atoms with E-state index in [0.717, 1.165) is 11.3 Å². The van der Waals surface area contributed by atoms with Gasteiger partial charge in [0.15, 0.2) is 17.3 Å². The molecule has 0 aliphatic heterocycles. The third kappa shape index (κ3) is 4.03. The van der Waals surface area contributed by atoms with E-state index in [4.69, 9.17) is 14.2 Å². The number of ether oxygens (including phenoxy) is 3. The Kier molecular flexibility index (Phi) is 5.74. The van der Waals surface area contributed by atoms with Gasteiger partial charge in [0.05, 0.1) is 32.6 Å². The topological polar surface area (TPSA) is 82.6 Å². The monoisotopic (exact) mass is 379 g/mol. The van der Waals surface area contributed by atoms with Gasteiger partial charge >= 0.3 is 0 Å². The second-order valence-corrected chi connectivity index (χ2v) is 5.95. The van der Waals surface area contributed by atoms with Crippen LogP contribution in [0.25, 0.3) is 11.4 Å². The van der Waals surface area contributed by atoms with Crippen molar-refractivity contribution in [3.8, 4) is 28.6 Å². The maximum atomic E-state index is 12.6.